The number of thiophene rings is 1. The Balaban J connectivity index is 2.41. The van der Waals surface area contributed by atoms with E-state index in [0.29, 0.717) is 18.9 Å². The third-order valence-electron chi connectivity index (χ3n) is 2.91. The molecule has 1 unspecified atom stereocenters. The van der Waals surface area contributed by atoms with Crippen molar-refractivity contribution in [1.82, 2.24) is 4.90 Å². The molecule has 4 heteroatoms. The van der Waals surface area contributed by atoms with E-state index < -0.39 is 0 Å². The number of nitrogens with two attached hydrogens (primary N) is 1. The van der Waals surface area contributed by atoms with Gasteiger partial charge in [0.05, 0.1) is 6.54 Å². The molecule has 17 heavy (non-hydrogen) atoms. The van der Waals surface area contributed by atoms with Gasteiger partial charge in [0.15, 0.2) is 0 Å². The summed E-state index contributed by atoms with van der Waals surface area (Å²) >= 11 is 1.70. The minimum atomic E-state index is 0.237. The number of rotatable bonds is 7. The fourth-order valence-corrected chi connectivity index (χ4v) is 2.33. The van der Waals surface area contributed by atoms with Crippen molar-refractivity contribution in [3.8, 4) is 0 Å². The smallest absolute Gasteiger partial charge is 0.222 e. The molecule has 0 aliphatic rings. The summed E-state index contributed by atoms with van der Waals surface area (Å²) in [5, 5.41) is 2.05. The quantitative estimate of drug-likeness (QED) is 0.812. The fourth-order valence-electron chi connectivity index (χ4n) is 1.61. The zero-order valence-electron chi connectivity index (χ0n) is 10.7. The fraction of sp³-hybridized carbons (Fsp3) is 0.615. The standard InChI is InChI=1S/C13H22N2OS/c1-3-15(10-12-5-4-8-17-12)13(16)7-6-11(2)9-14/h4-5,8,11H,3,6-7,9-10,14H2,1-2H3. The van der Waals surface area contributed by atoms with Gasteiger partial charge in [0.1, 0.15) is 0 Å². The van der Waals surface area contributed by atoms with Gasteiger partial charge in [0.2, 0.25) is 5.91 Å². The van der Waals surface area contributed by atoms with Gasteiger partial charge >= 0.3 is 0 Å². The van der Waals surface area contributed by atoms with Gasteiger partial charge in [0, 0.05) is 17.8 Å². The van der Waals surface area contributed by atoms with E-state index in [1.807, 2.05) is 23.3 Å². The monoisotopic (exact) mass is 254 g/mol. The Morgan fingerprint density at radius 1 is 1.59 bits per heavy atom. The molecule has 1 rings (SSSR count). The van der Waals surface area contributed by atoms with Crippen molar-refractivity contribution in [1.29, 1.82) is 0 Å². The minimum absolute atomic E-state index is 0.237. The van der Waals surface area contributed by atoms with Crippen LogP contribution >= 0.6 is 11.3 Å². The zero-order chi connectivity index (χ0) is 12.7. The lowest BCUT2D eigenvalue weighted by atomic mass is 10.1. The summed E-state index contributed by atoms with van der Waals surface area (Å²) in [5.41, 5.74) is 5.55. The van der Waals surface area contributed by atoms with Crippen molar-refractivity contribution in [2.75, 3.05) is 13.1 Å². The molecule has 0 saturated heterocycles. The van der Waals surface area contributed by atoms with Crippen LogP contribution in [0.4, 0.5) is 0 Å². The normalized spacial score (nSPS) is 12.4. The summed E-state index contributed by atoms with van der Waals surface area (Å²) < 4.78 is 0. The minimum Gasteiger partial charge on any atom is -0.338 e. The van der Waals surface area contributed by atoms with Crippen LogP contribution in [-0.4, -0.2) is 23.9 Å². The third-order valence-corrected chi connectivity index (χ3v) is 3.78. The van der Waals surface area contributed by atoms with Gasteiger partial charge in [-0.15, -0.1) is 11.3 Å². The van der Waals surface area contributed by atoms with Gasteiger partial charge in [-0.25, -0.2) is 0 Å². The van der Waals surface area contributed by atoms with E-state index in [0.717, 1.165) is 19.5 Å². The highest BCUT2D eigenvalue weighted by molar-refractivity contribution is 7.09. The Morgan fingerprint density at radius 3 is 2.88 bits per heavy atom. The largest absolute Gasteiger partial charge is 0.338 e. The maximum Gasteiger partial charge on any atom is 0.222 e. The van der Waals surface area contributed by atoms with Gasteiger partial charge in [-0.1, -0.05) is 13.0 Å². The van der Waals surface area contributed by atoms with Crippen LogP contribution in [0.5, 0.6) is 0 Å². The summed E-state index contributed by atoms with van der Waals surface area (Å²) in [5.74, 6) is 0.667. The summed E-state index contributed by atoms with van der Waals surface area (Å²) in [6.45, 7) is 6.28. The molecule has 1 atom stereocenters. The molecule has 1 heterocycles. The molecule has 0 aromatic carbocycles. The van der Waals surface area contributed by atoms with E-state index in [4.69, 9.17) is 5.73 Å². The van der Waals surface area contributed by atoms with Crippen molar-refractivity contribution in [2.24, 2.45) is 11.7 Å². The summed E-state index contributed by atoms with van der Waals surface area (Å²) in [4.78, 5) is 15.2. The number of amides is 1. The van der Waals surface area contributed by atoms with Crippen LogP contribution in [0.1, 0.15) is 31.6 Å². The maximum atomic E-state index is 12.0. The van der Waals surface area contributed by atoms with Gasteiger partial charge in [-0.3, -0.25) is 4.79 Å². The lowest BCUT2D eigenvalue weighted by Crippen LogP contribution is -2.30. The molecule has 0 radical (unpaired) electrons. The number of carbonyl (C=O) groups is 1. The topological polar surface area (TPSA) is 46.3 Å². The first-order valence-electron chi connectivity index (χ1n) is 6.17. The molecule has 0 bridgehead atoms. The van der Waals surface area contributed by atoms with Crippen molar-refractivity contribution < 1.29 is 4.79 Å². The van der Waals surface area contributed by atoms with Crippen LogP contribution in [0, 0.1) is 5.92 Å². The van der Waals surface area contributed by atoms with Crippen LogP contribution in [0.15, 0.2) is 17.5 Å². The van der Waals surface area contributed by atoms with E-state index in [9.17, 15) is 4.79 Å². The Kier molecular flexibility index (Phi) is 6.22. The van der Waals surface area contributed by atoms with Crippen LogP contribution in [-0.2, 0) is 11.3 Å². The van der Waals surface area contributed by atoms with Gasteiger partial charge in [0.25, 0.3) is 0 Å². The van der Waals surface area contributed by atoms with E-state index >= 15 is 0 Å². The van der Waals surface area contributed by atoms with Crippen LogP contribution in [0.3, 0.4) is 0 Å². The second-order valence-corrected chi connectivity index (χ2v) is 5.40. The molecule has 0 aliphatic carbocycles. The van der Waals surface area contributed by atoms with Crippen LogP contribution in [0.2, 0.25) is 0 Å². The van der Waals surface area contributed by atoms with E-state index in [-0.39, 0.29) is 5.91 Å². The van der Waals surface area contributed by atoms with E-state index in [1.165, 1.54) is 4.88 Å². The molecule has 2 N–H and O–H groups in total. The first-order valence-corrected chi connectivity index (χ1v) is 7.05. The SMILES string of the molecule is CCN(Cc1cccs1)C(=O)CCC(C)CN. The highest BCUT2D eigenvalue weighted by Gasteiger charge is 2.13. The average molecular weight is 254 g/mol. The highest BCUT2D eigenvalue weighted by atomic mass is 32.1. The highest BCUT2D eigenvalue weighted by Crippen LogP contribution is 2.13. The lowest BCUT2D eigenvalue weighted by molar-refractivity contribution is -0.131. The first-order chi connectivity index (χ1) is 8.17. The summed E-state index contributed by atoms with van der Waals surface area (Å²) in [6.07, 6.45) is 1.49. The number of nitrogens with zero attached hydrogens (tertiary/aromatic N) is 1. The Labute approximate surface area is 108 Å². The maximum absolute atomic E-state index is 12.0. The lowest BCUT2D eigenvalue weighted by Gasteiger charge is -2.21. The Hall–Kier alpha value is -0.870. The molecule has 1 aromatic heterocycles. The molecule has 0 spiro atoms. The molecular weight excluding hydrogens is 232 g/mol. The summed E-state index contributed by atoms with van der Waals surface area (Å²) in [7, 11) is 0. The molecule has 1 aromatic rings. The third kappa shape index (κ3) is 4.88. The Bertz CT molecular complexity index is 324. The summed E-state index contributed by atoms with van der Waals surface area (Å²) in [6, 6.07) is 4.10. The molecule has 0 aliphatic heterocycles. The van der Waals surface area contributed by atoms with E-state index in [2.05, 4.69) is 13.0 Å². The van der Waals surface area contributed by atoms with Crippen molar-refractivity contribution in [3.63, 3.8) is 0 Å². The van der Waals surface area contributed by atoms with Crippen molar-refractivity contribution in [3.05, 3.63) is 22.4 Å². The number of hydrogen-bond donors (Lipinski definition) is 1. The van der Waals surface area contributed by atoms with Gasteiger partial charge < -0.3 is 10.6 Å². The molecule has 0 fully saturated rings. The molecule has 96 valence electrons. The second kappa shape index (κ2) is 7.45. The Morgan fingerprint density at radius 2 is 2.35 bits per heavy atom. The zero-order valence-corrected chi connectivity index (χ0v) is 11.5. The molecule has 1 amide bonds. The van der Waals surface area contributed by atoms with Crippen LogP contribution < -0.4 is 5.73 Å². The van der Waals surface area contributed by atoms with Crippen molar-refractivity contribution in [2.45, 2.75) is 33.2 Å². The molecular formula is C13H22N2OS. The van der Waals surface area contributed by atoms with Gasteiger partial charge in [-0.2, -0.15) is 0 Å². The molecule has 0 saturated carbocycles. The van der Waals surface area contributed by atoms with Gasteiger partial charge in [-0.05, 0) is 37.3 Å². The average Bonchev–Trinajstić information content (AvgIpc) is 2.85. The van der Waals surface area contributed by atoms with Crippen LogP contribution in [0.25, 0.3) is 0 Å². The first kappa shape index (κ1) is 14.2. The number of hydrogen-bond acceptors (Lipinski definition) is 3. The number of carbonyl (C=O) groups excluding carboxylic acids is 1. The second-order valence-electron chi connectivity index (χ2n) is 4.37. The van der Waals surface area contributed by atoms with Crippen molar-refractivity contribution >= 4 is 17.2 Å². The van der Waals surface area contributed by atoms with E-state index in [1.54, 1.807) is 11.3 Å². The molecule has 3 nitrogen and oxygen atoms in total. The predicted octanol–water partition coefficient (Wildman–Crippen LogP) is 2.47. The predicted molar refractivity (Wildman–Crippen MR) is 72.9 cm³/mol.